The van der Waals surface area contributed by atoms with Crippen LogP contribution in [0, 0.1) is 12.8 Å². The van der Waals surface area contributed by atoms with Crippen molar-refractivity contribution in [1.82, 2.24) is 19.1 Å². The third-order valence-corrected chi connectivity index (χ3v) is 5.92. The molecule has 1 aromatic carbocycles. The maximum Gasteiger partial charge on any atom is 0.335 e. The van der Waals surface area contributed by atoms with Crippen molar-refractivity contribution in [3.63, 3.8) is 0 Å². The largest absolute Gasteiger partial charge is 0.361 e. The Morgan fingerprint density at radius 3 is 2.74 bits per heavy atom. The van der Waals surface area contributed by atoms with Gasteiger partial charge in [-0.3, -0.25) is 9.13 Å². The van der Waals surface area contributed by atoms with Gasteiger partial charge in [-0.15, -0.1) is 0 Å². The standard InChI is InChI=1S/C24H31N5O2/c1-4-31-16-28-15-22(29(24(28)30)20-7-5-6-18(3)14-20)21-12-13-25-23(27-21)26-19-10-8-17(2)9-11-19/h5-7,12-15,17,19H,4,8-11,16H2,1-3H3,(H,25,26,27)/t17-,19-. The highest BCUT2D eigenvalue weighted by Crippen LogP contribution is 2.26. The first-order valence-corrected chi connectivity index (χ1v) is 11.1. The molecule has 0 saturated heterocycles. The smallest absolute Gasteiger partial charge is 0.335 e. The molecule has 1 N–H and O–H groups in total. The second-order valence-electron chi connectivity index (χ2n) is 8.43. The van der Waals surface area contributed by atoms with Crippen LogP contribution >= 0.6 is 0 Å². The zero-order valence-corrected chi connectivity index (χ0v) is 18.5. The molecule has 7 heteroatoms. The molecule has 0 unspecified atom stereocenters. The topological polar surface area (TPSA) is 74.0 Å². The molecule has 1 aliphatic carbocycles. The van der Waals surface area contributed by atoms with Crippen molar-refractivity contribution in [1.29, 1.82) is 0 Å². The summed E-state index contributed by atoms with van der Waals surface area (Å²) in [4.78, 5) is 22.4. The van der Waals surface area contributed by atoms with Crippen LogP contribution in [0.4, 0.5) is 5.95 Å². The third-order valence-electron chi connectivity index (χ3n) is 5.92. The van der Waals surface area contributed by atoms with Gasteiger partial charge in [-0.2, -0.15) is 0 Å². The lowest BCUT2D eigenvalue weighted by molar-refractivity contribution is 0.0854. The van der Waals surface area contributed by atoms with Crippen LogP contribution in [0.15, 0.2) is 47.5 Å². The van der Waals surface area contributed by atoms with Crippen molar-refractivity contribution < 1.29 is 4.74 Å². The molecule has 3 aromatic rings. The fourth-order valence-corrected chi connectivity index (χ4v) is 4.13. The minimum absolute atomic E-state index is 0.150. The summed E-state index contributed by atoms with van der Waals surface area (Å²) >= 11 is 0. The van der Waals surface area contributed by atoms with E-state index in [1.807, 2.05) is 50.4 Å². The molecular weight excluding hydrogens is 390 g/mol. The van der Waals surface area contributed by atoms with Crippen molar-refractivity contribution in [2.75, 3.05) is 11.9 Å². The zero-order chi connectivity index (χ0) is 21.8. The summed E-state index contributed by atoms with van der Waals surface area (Å²) in [6.45, 7) is 6.99. The number of hydrogen-bond donors (Lipinski definition) is 1. The van der Waals surface area contributed by atoms with Gasteiger partial charge in [0.15, 0.2) is 0 Å². The van der Waals surface area contributed by atoms with E-state index in [0.717, 1.165) is 35.7 Å². The Balaban J connectivity index is 1.70. The highest BCUT2D eigenvalue weighted by atomic mass is 16.5. The summed E-state index contributed by atoms with van der Waals surface area (Å²) in [6, 6.07) is 10.2. The number of hydrogen-bond acceptors (Lipinski definition) is 5. The van der Waals surface area contributed by atoms with Crippen LogP contribution < -0.4 is 11.0 Å². The second kappa shape index (κ2) is 9.47. The fraction of sp³-hybridized carbons (Fsp3) is 0.458. The maximum absolute atomic E-state index is 13.2. The summed E-state index contributed by atoms with van der Waals surface area (Å²) in [7, 11) is 0. The van der Waals surface area contributed by atoms with Gasteiger partial charge in [0, 0.05) is 25.0 Å². The molecule has 1 saturated carbocycles. The lowest BCUT2D eigenvalue weighted by Crippen LogP contribution is -2.26. The molecule has 7 nitrogen and oxygen atoms in total. The van der Waals surface area contributed by atoms with Gasteiger partial charge < -0.3 is 10.1 Å². The molecule has 0 amide bonds. The van der Waals surface area contributed by atoms with E-state index in [0.29, 0.717) is 24.3 Å². The Morgan fingerprint density at radius 1 is 1.19 bits per heavy atom. The number of anilines is 1. The van der Waals surface area contributed by atoms with Crippen LogP contribution in [0.2, 0.25) is 0 Å². The minimum atomic E-state index is -0.150. The molecule has 2 aromatic heterocycles. The van der Waals surface area contributed by atoms with Gasteiger partial charge in [-0.25, -0.2) is 14.8 Å². The van der Waals surface area contributed by atoms with Crippen LogP contribution in [-0.2, 0) is 11.5 Å². The first-order valence-electron chi connectivity index (χ1n) is 11.1. The normalized spacial score (nSPS) is 18.8. The highest BCUT2D eigenvalue weighted by molar-refractivity contribution is 5.59. The molecule has 1 aliphatic rings. The van der Waals surface area contributed by atoms with Gasteiger partial charge in [0.2, 0.25) is 5.95 Å². The Hall–Kier alpha value is -2.93. The Bertz CT molecular complexity index is 1080. The quantitative estimate of drug-likeness (QED) is 0.612. The molecule has 0 radical (unpaired) electrons. The third kappa shape index (κ3) is 4.88. The summed E-state index contributed by atoms with van der Waals surface area (Å²) in [5.74, 6) is 1.40. The summed E-state index contributed by atoms with van der Waals surface area (Å²) in [6.07, 6.45) is 8.28. The molecular formula is C24H31N5O2. The zero-order valence-electron chi connectivity index (χ0n) is 18.5. The van der Waals surface area contributed by atoms with E-state index >= 15 is 0 Å². The number of ether oxygens (including phenoxy) is 1. The van der Waals surface area contributed by atoms with Crippen molar-refractivity contribution in [2.45, 2.75) is 59.2 Å². The molecule has 0 atom stereocenters. The number of aryl methyl sites for hydroxylation is 1. The number of aromatic nitrogens is 4. The van der Waals surface area contributed by atoms with Gasteiger partial charge in [-0.1, -0.05) is 19.1 Å². The average Bonchev–Trinajstić information content (AvgIpc) is 3.10. The predicted molar refractivity (Wildman–Crippen MR) is 122 cm³/mol. The van der Waals surface area contributed by atoms with Gasteiger partial charge in [0.05, 0.1) is 17.1 Å². The lowest BCUT2D eigenvalue weighted by atomic mass is 9.87. The molecule has 31 heavy (non-hydrogen) atoms. The van der Waals surface area contributed by atoms with Crippen LogP contribution in [0.5, 0.6) is 0 Å². The minimum Gasteiger partial charge on any atom is -0.361 e. The van der Waals surface area contributed by atoms with Crippen molar-refractivity contribution >= 4 is 5.95 Å². The van der Waals surface area contributed by atoms with E-state index < -0.39 is 0 Å². The van der Waals surface area contributed by atoms with Gasteiger partial charge >= 0.3 is 5.69 Å². The van der Waals surface area contributed by atoms with E-state index in [2.05, 4.69) is 17.2 Å². The number of nitrogens with one attached hydrogen (secondary N) is 1. The van der Waals surface area contributed by atoms with Crippen LogP contribution in [0.25, 0.3) is 17.1 Å². The number of nitrogens with zero attached hydrogens (tertiary/aromatic N) is 4. The Kier molecular flexibility index (Phi) is 6.51. The van der Waals surface area contributed by atoms with Gasteiger partial charge in [0.1, 0.15) is 6.73 Å². The molecule has 164 valence electrons. The predicted octanol–water partition coefficient (Wildman–Crippen LogP) is 4.39. The highest BCUT2D eigenvalue weighted by Gasteiger charge is 2.20. The number of rotatable bonds is 7. The number of imidazole rings is 1. The van der Waals surface area contributed by atoms with Gasteiger partial charge in [0.25, 0.3) is 0 Å². The molecule has 4 rings (SSSR count). The van der Waals surface area contributed by atoms with E-state index in [4.69, 9.17) is 9.72 Å². The maximum atomic E-state index is 13.2. The molecule has 1 fully saturated rings. The number of benzene rings is 1. The van der Waals surface area contributed by atoms with E-state index in [1.54, 1.807) is 15.3 Å². The van der Waals surface area contributed by atoms with Crippen molar-refractivity contribution in [3.05, 3.63) is 58.8 Å². The summed E-state index contributed by atoms with van der Waals surface area (Å²) in [5.41, 5.74) is 3.17. The SMILES string of the molecule is CCOCn1cc(-c2ccnc(N[C@H]3CC[C@H](C)CC3)n2)n(-c2cccc(C)c2)c1=O. The Morgan fingerprint density at radius 2 is 2.00 bits per heavy atom. The molecule has 0 aliphatic heterocycles. The first-order chi connectivity index (χ1) is 15.0. The van der Waals surface area contributed by atoms with Crippen LogP contribution in [0.1, 0.15) is 45.1 Å². The van der Waals surface area contributed by atoms with Crippen LogP contribution in [0.3, 0.4) is 0 Å². The van der Waals surface area contributed by atoms with E-state index in [9.17, 15) is 4.79 Å². The second-order valence-corrected chi connectivity index (χ2v) is 8.43. The Labute approximate surface area is 183 Å². The average molecular weight is 422 g/mol. The van der Waals surface area contributed by atoms with Crippen LogP contribution in [-0.4, -0.2) is 31.8 Å². The summed E-state index contributed by atoms with van der Waals surface area (Å²) < 4.78 is 8.78. The molecule has 2 heterocycles. The lowest BCUT2D eigenvalue weighted by Gasteiger charge is -2.26. The van der Waals surface area contributed by atoms with E-state index in [1.165, 1.54) is 12.8 Å². The van der Waals surface area contributed by atoms with Gasteiger partial charge in [-0.05, 0) is 69.2 Å². The monoisotopic (exact) mass is 421 g/mol. The van der Waals surface area contributed by atoms with E-state index in [-0.39, 0.29) is 12.4 Å². The molecule has 0 bridgehead atoms. The van der Waals surface area contributed by atoms with Crippen molar-refractivity contribution in [2.24, 2.45) is 5.92 Å². The summed E-state index contributed by atoms with van der Waals surface area (Å²) in [5, 5.41) is 3.49. The fourth-order valence-electron chi connectivity index (χ4n) is 4.13. The molecule has 0 spiro atoms. The first kappa shape index (κ1) is 21.3. The van der Waals surface area contributed by atoms with Crippen molar-refractivity contribution in [3.8, 4) is 17.1 Å².